The van der Waals surface area contributed by atoms with E-state index >= 15 is 0 Å². The van der Waals surface area contributed by atoms with E-state index in [1.165, 1.54) is 11.3 Å². The fourth-order valence-corrected chi connectivity index (χ4v) is 4.58. The second kappa shape index (κ2) is 6.31. The zero-order valence-electron chi connectivity index (χ0n) is 11.9. The van der Waals surface area contributed by atoms with Crippen molar-refractivity contribution >= 4 is 40.0 Å². The minimum Gasteiger partial charge on any atom is -0.320 e. The van der Waals surface area contributed by atoms with Crippen LogP contribution in [0.25, 0.3) is 0 Å². The Labute approximate surface area is 131 Å². The van der Waals surface area contributed by atoms with Crippen molar-refractivity contribution in [3.05, 3.63) is 5.01 Å². The zero-order valence-corrected chi connectivity index (χ0v) is 13.5. The summed E-state index contributed by atoms with van der Waals surface area (Å²) in [6, 6.07) is -0.382. The summed E-state index contributed by atoms with van der Waals surface area (Å²) in [5, 5.41) is 11.9. The third-order valence-electron chi connectivity index (χ3n) is 3.93. The molecule has 2 fully saturated rings. The number of aromatic nitrogens is 2. The molecule has 0 unspecified atom stereocenters. The highest BCUT2D eigenvalue weighted by Gasteiger charge is 2.38. The number of hydrogen-bond donors (Lipinski definition) is 1. The van der Waals surface area contributed by atoms with Gasteiger partial charge in [0.1, 0.15) is 11.0 Å². The van der Waals surface area contributed by atoms with Gasteiger partial charge in [-0.15, -0.1) is 22.0 Å². The lowest BCUT2D eigenvalue weighted by molar-refractivity contribution is -0.139. The molecule has 0 bridgehead atoms. The van der Waals surface area contributed by atoms with Gasteiger partial charge in [-0.1, -0.05) is 24.2 Å². The minimum absolute atomic E-state index is 0.114. The zero-order chi connectivity index (χ0) is 14.8. The number of nitrogens with zero attached hydrogens (tertiary/aromatic N) is 3. The van der Waals surface area contributed by atoms with Gasteiger partial charge in [-0.2, -0.15) is 0 Å². The van der Waals surface area contributed by atoms with Gasteiger partial charge in [-0.3, -0.25) is 14.9 Å². The summed E-state index contributed by atoms with van der Waals surface area (Å²) in [6.07, 6.45) is 4.17. The smallest absolute Gasteiger partial charge is 0.249 e. The van der Waals surface area contributed by atoms with Gasteiger partial charge in [-0.25, -0.2) is 0 Å². The minimum atomic E-state index is -0.382. The monoisotopic (exact) mass is 326 g/mol. The van der Waals surface area contributed by atoms with E-state index in [2.05, 4.69) is 15.5 Å². The van der Waals surface area contributed by atoms with Gasteiger partial charge in [0.15, 0.2) is 0 Å². The van der Waals surface area contributed by atoms with Gasteiger partial charge in [0, 0.05) is 11.7 Å². The Balaban J connectivity index is 1.65. The molecule has 3 rings (SSSR count). The first-order chi connectivity index (χ1) is 10.1. The molecule has 0 aromatic carbocycles. The highest BCUT2D eigenvalue weighted by Crippen LogP contribution is 2.31. The molecule has 1 aliphatic carbocycles. The van der Waals surface area contributed by atoms with Gasteiger partial charge in [0.2, 0.25) is 16.9 Å². The summed E-state index contributed by atoms with van der Waals surface area (Å²) in [7, 11) is 0. The first-order valence-electron chi connectivity index (χ1n) is 7.14. The Hall–Kier alpha value is -1.15. The van der Waals surface area contributed by atoms with Crippen molar-refractivity contribution < 1.29 is 9.59 Å². The van der Waals surface area contributed by atoms with Crippen LogP contribution in [-0.2, 0) is 9.59 Å². The van der Waals surface area contributed by atoms with Gasteiger partial charge in [0.25, 0.3) is 0 Å². The molecule has 2 aliphatic rings. The Kier molecular flexibility index (Phi) is 4.44. The lowest BCUT2D eigenvalue weighted by atomic mass is 10.1. The first kappa shape index (κ1) is 14.8. The van der Waals surface area contributed by atoms with Crippen LogP contribution >= 0.6 is 23.1 Å². The molecule has 1 atom stereocenters. The van der Waals surface area contributed by atoms with Gasteiger partial charge < -0.3 is 4.90 Å². The van der Waals surface area contributed by atoms with E-state index < -0.39 is 0 Å². The quantitative estimate of drug-likeness (QED) is 0.918. The van der Waals surface area contributed by atoms with Crippen molar-refractivity contribution in [3.63, 3.8) is 0 Å². The SMILES string of the molecule is Cc1nnc(NC(=O)[C@@H]2CSCN2C(=O)C2CCCC2)s1. The summed E-state index contributed by atoms with van der Waals surface area (Å²) in [5.41, 5.74) is 0. The van der Waals surface area contributed by atoms with Gasteiger partial charge in [-0.05, 0) is 19.8 Å². The van der Waals surface area contributed by atoms with Crippen molar-refractivity contribution in [2.24, 2.45) is 5.92 Å². The van der Waals surface area contributed by atoms with E-state index in [0.717, 1.165) is 30.7 Å². The molecule has 1 aromatic heterocycles. The maximum Gasteiger partial charge on any atom is 0.249 e. The van der Waals surface area contributed by atoms with Crippen molar-refractivity contribution in [2.75, 3.05) is 16.9 Å². The molecule has 8 heteroatoms. The molecule has 1 aliphatic heterocycles. The van der Waals surface area contributed by atoms with Crippen LogP contribution in [0.4, 0.5) is 5.13 Å². The van der Waals surface area contributed by atoms with Crippen molar-refractivity contribution in [1.82, 2.24) is 15.1 Å². The van der Waals surface area contributed by atoms with Gasteiger partial charge in [0.05, 0.1) is 5.88 Å². The molecular formula is C13H18N4O2S2. The number of rotatable bonds is 3. The molecule has 1 aromatic rings. The number of carbonyl (C=O) groups is 2. The second-order valence-electron chi connectivity index (χ2n) is 5.42. The van der Waals surface area contributed by atoms with Crippen molar-refractivity contribution in [2.45, 2.75) is 38.6 Å². The standard InChI is InChI=1S/C13H18N4O2S2/c1-8-15-16-13(21-8)14-11(18)10-6-20-7-17(10)12(19)9-4-2-3-5-9/h9-10H,2-7H2,1H3,(H,14,16,18)/t10-/m0/s1. The molecule has 2 heterocycles. The molecule has 21 heavy (non-hydrogen) atoms. The fraction of sp³-hybridized carbons (Fsp3) is 0.692. The Morgan fingerprint density at radius 2 is 2.05 bits per heavy atom. The van der Waals surface area contributed by atoms with E-state index in [0.29, 0.717) is 16.8 Å². The molecule has 114 valence electrons. The summed E-state index contributed by atoms with van der Waals surface area (Å²) >= 11 is 2.98. The molecular weight excluding hydrogens is 308 g/mol. The molecule has 6 nitrogen and oxygen atoms in total. The third-order valence-corrected chi connectivity index (χ3v) is 5.69. The van der Waals surface area contributed by atoms with Crippen LogP contribution in [0, 0.1) is 12.8 Å². The number of carbonyl (C=O) groups excluding carboxylic acids is 2. The van der Waals surface area contributed by atoms with Crippen LogP contribution in [0.5, 0.6) is 0 Å². The molecule has 0 spiro atoms. The number of nitrogens with one attached hydrogen (secondary N) is 1. The van der Waals surface area contributed by atoms with Crippen LogP contribution in [-0.4, -0.2) is 44.6 Å². The predicted molar refractivity (Wildman–Crippen MR) is 83.2 cm³/mol. The van der Waals surface area contributed by atoms with Crippen LogP contribution in [0.15, 0.2) is 0 Å². The number of hydrogen-bond acceptors (Lipinski definition) is 6. The van der Waals surface area contributed by atoms with Gasteiger partial charge >= 0.3 is 0 Å². The van der Waals surface area contributed by atoms with E-state index in [1.54, 1.807) is 16.7 Å². The van der Waals surface area contributed by atoms with E-state index in [1.807, 2.05) is 6.92 Å². The van der Waals surface area contributed by atoms with Crippen LogP contribution < -0.4 is 5.32 Å². The maximum atomic E-state index is 12.5. The normalized spacial score (nSPS) is 22.7. The Morgan fingerprint density at radius 3 is 2.71 bits per heavy atom. The number of anilines is 1. The van der Waals surface area contributed by atoms with E-state index in [9.17, 15) is 9.59 Å². The Bertz CT molecular complexity index is 542. The maximum absolute atomic E-state index is 12.5. The fourth-order valence-electron chi connectivity index (χ4n) is 2.82. The molecule has 0 radical (unpaired) electrons. The summed E-state index contributed by atoms with van der Waals surface area (Å²) in [4.78, 5) is 26.6. The number of thioether (sulfide) groups is 1. The number of aryl methyl sites for hydroxylation is 1. The predicted octanol–water partition coefficient (Wildman–Crippen LogP) is 1.88. The summed E-state index contributed by atoms with van der Waals surface area (Å²) in [6.45, 7) is 1.84. The third kappa shape index (κ3) is 3.21. The lowest BCUT2D eigenvalue weighted by Crippen LogP contribution is -2.46. The molecule has 1 N–H and O–H groups in total. The summed E-state index contributed by atoms with van der Waals surface area (Å²) in [5.74, 6) is 1.38. The van der Waals surface area contributed by atoms with Crippen LogP contribution in [0.1, 0.15) is 30.7 Å². The highest BCUT2D eigenvalue weighted by molar-refractivity contribution is 7.99. The molecule has 2 amide bonds. The van der Waals surface area contributed by atoms with Crippen molar-refractivity contribution in [3.8, 4) is 0 Å². The van der Waals surface area contributed by atoms with Crippen molar-refractivity contribution in [1.29, 1.82) is 0 Å². The topological polar surface area (TPSA) is 75.2 Å². The first-order valence-corrected chi connectivity index (χ1v) is 9.11. The average Bonchev–Trinajstić information content (AvgIpc) is 3.19. The lowest BCUT2D eigenvalue weighted by Gasteiger charge is -2.25. The van der Waals surface area contributed by atoms with Crippen LogP contribution in [0.2, 0.25) is 0 Å². The largest absolute Gasteiger partial charge is 0.320 e. The highest BCUT2D eigenvalue weighted by atomic mass is 32.2. The van der Waals surface area contributed by atoms with E-state index in [4.69, 9.17) is 0 Å². The molecule has 1 saturated heterocycles. The van der Waals surface area contributed by atoms with Crippen LogP contribution in [0.3, 0.4) is 0 Å². The molecule has 1 saturated carbocycles. The Morgan fingerprint density at radius 1 is 1.29 bits per heavy atom. The van der Waals surface area contributed by atoms with E-state index in [-0.39, 0.29) is 23.8 Å². The number of amides is 2. The summed E-state index contributed by atoms with van der Waals surface area (Å²) < 4.78 is 0. The average molecular weight is 326 g/mol. The second-order valence-corrected chi connectivity index (χ2v) is 7.60.